The van der Waals surface area contributed by atoms with Crippen molar-refractivity contribution in [3.05, 3.63) is 22.4 Å². The highest BCUT2D eigenvalue weighted by molar-refractivity contribution is 7.89. The maximum absolute atomic E-state index is 11.6. The highest BCUT2D eigenvalue weighted by Crippen LogP contribution is 2.05. The van der Waals surface area contributed by atoms with E-state index in [-0.39, 0.29) is 5.75 Å². The van der Waals surface area contributed by atoms with Gasteiger partial charge in [-0.15, -0.1) is 0 Å². The Labute approximate surface area is 107 Å². The molecule has 1 rings (SSSR count). The Balaban J connectivity index is 2.16. The van der Waals surface area contributed by atoms with Crippen LogP contribution in [0.1, 0.15) is 18.9 Å². The zero-order valence-corrected chi connectivity index (χ0v) is 11.7. The smallest absolute Gasteiger partial charge is 0.212 e. The quantitative estimate of drug-likeness (QED) is 0.667. The maximum atomic E-state index is 11.6. The maximum Gasteiger partial charge on any atom is 0.212 e. The minimum Gasteiger partial charge on any atom is -0.316 e. The van der Waals surface area contributed by atoms with Crippen molar-refractivity contribution < 1.29 is 8.42 Å². The van der Waals surface area contributed by atoms with Crippen LogP contribution in [0.4, 0.5) is 0 Å². The number of sulfonamides is 1. The summed E-state index contributed by atoms with van der Waals surface area (Å²) in [6.07, 6.45) is 1.77. The highest BCUT2D eigenvalue weighted by Gasteiger charge is 2.08. The predicted octanol–water partition coefficient (Wildman–Crippen LogP) is 1.21. The minimum absolute atomic E-state index is 0.149. The molecule has 0 radical (unpaired) electrons. The number of hydrogen-bond donors (Lipinski definition) is 2. The van der Waals surface area contributed by atoms with E-state index in [0.29, 0.717) is 13.1 Å². The third kappa shape index (κ3) is 6.78. The van der Waals surface area contributed by atoms with Gasteiger partial charge in [0, 0.05) is 13.1 Å². The van der Waals surface area contributed by atoms with Crippen LogP contribution in [0.15, 0.2) is 16.8 Å². The summed E-state index contributed by atoms with van der Waals surface area (Å²) in [5.74, 6) is 0.149. The Hall–Kier alpha value is -0.430. The zero-order valence-electron chi connectivity index (χ0n) is 10.1. The monoisotopic (exact) mass is 276 g/mol. The molecule has 0 bridgehead atoms. The van der Waals surface area contributed by atoms with E-state index in [0.717, 1.165) is 19.4 Å². The lowest BCUT2D eigenvalue weighted by Crippen LogP contribution is -2.33. The van der Waals surface area contributed by atoms with E-state index in [2.05, 4.69) is 17.0 Å². The first kappa shape index (κ1) is 14.6. The van der Waals surface area contributed by atoms with Crippen molar-refractivity contribution in [3.8, 4) is 0 Å². The number of rotatable bonds is 9. The summed E-state index contributed by atoms with van der Waals surface area (Å²) in [5, 5.41) is 7.11. The summed E-state index contributed by atoms with van der Waals surface area (Å²) in [6.45, 7) is 3.92. The van der Waals surface area contributed by atoms with Crippen LogP contribution in [0.25, 0.3) is 0 Å². The molecule has 0 aromatic carbocycles. The van der Waals surface area contributed by atoms with Gasteiger partial charge in [-0.05, 0) is 41.8 Å². The van der Waals surface area contributed by atoms with Gasteiger partial charge in [0.15, 0.2) is 0 Å². The lowest BCUT2D eigenvalue weighted by molar-refractivity contribution is 0.576. The third-order valence-electron chi connectivity index (χ3n) is 2.29. The molecule has 1 heterocycles. The van der Waals surface area contributed by atoms with Crippen molar-refractivity contribution in [1.82, 2.24) is 10.0 Å². The summed E-state index contributed by atoms with van der Waals surface area (Å²) < 4.78 is 25.8. The van der Waals surface area contributed by atoms with E-state index in [9.17, 15) is 8.42 Å². The fourth-order valence-electron chi connectivity index (χ4n) is 1.37. The molecule has 0 spiro atoms. The predicted molar refractivity (Wildman–Crippen MR) is 73.0 cm³/mol. The van der Waals surface area contributed by atoms with E-state index >= 15 is 0 Å². The fourth-order valence-corrected chi connectivity index (χ4v) is 3.04. The van der Waals surface area contributed by atoms with Crippen LogP contribution < -0.4 is 10.0 Å². The lowest BCUT2D eigenvalue weighted by Gasteiger charge is -2.06. The molecule has 0 atom stereocenters. The van der Waals surface area contributed by atoms with Gasteiger partial charge in [-0.1, -0.05) is 6.92 Å². The van der Waals surface area contributed by atoms with Crippen LogP contribution in [0.5, 0.6) is 0 Å². The van der Waals surface area contributed by atoms with Crippen molar-refractivity contribution in [3.63, 3.8) is 0 Å². The van der Waals surface area contributed by atoms with Crippen LogP contribution in [-0.4, -0.2) is 33.8 Å². The van der Waals surface area contributed by atoms with Gasteiger partial charge in [-0.3, -0.25) is 0 Å². The first-order chi connectivity index (χ1) is 8.14. The van der Waals surface area contributed by atoms with Gasteiger partial charge in [0.2, 0.25) is 10.0 Å². The third-order valence-corrected chi connectivity index (χ3v) is 4.41. The van der Waals surface area contributed by atoms with Gasteiger partial charge in [-0.25, -0.2) is 13.1 Å². The van der Waals surface area contributed by atoms with Crippen LogP contribution in [0.3, 0.4) is 0 Å². The Kier molecular flexibility index (Phi) is 6.72. The molecule has 1 aromatic heterocycles. The second kappa shape index (κ2) is 7.81. The molecule has 98 valence electrons. The minimum atomic E-state index is -3.12. The first-order valence-corrected chi connectivity index (χ1v) is 8.42. The Bertz CT molecular complexity index is 388. The van der Waals surface area contributed by atoms with Gasteiger partial charge in [0.1, 0.15) is 0 Å². The van der Waals surface area contributed by atoms with Crippen molar-refractivity contribution >= 4 is 21.4 Å². The standard InChI is InChI=1S/C11H20N2O2S2/c1-2-5-12-7-9-17(14,15)13-6-3-11-4-8-16-10-11/h4,8,10,12-13H,2-3,5-7,9H2,1H3. The molecule has 0 fully saturated rings. The molecular formula is C11H20N2O2S2. The van der Waals surface area contributed by atoms with Gasteiger partial charge in [0.05, 0.1) is 5.75 Å². The second-order valence-electron chi connectivity index (χ2n) is 3.84. The Morgan fingerprint density at radius 2 is 2.12 bits per heavy atom. The molecule has 0 unspecified atom stereocenters. The molecule has 2 N–H and O–H groups in total. The molecule has 0 amide bonds. The zero-order chi connectivity index (χ0) is 12.6. The highest BCUT2D eigenvalue weighted by atomic mass is 32.2. The van der Waals surface area contributed by atoms with Crippen LogP contribution in [-0.2, 0) is 16.4 Å². The summed E-state index contributed by atoms with van der Waals surface area (Å²) in [4.78, 5) is 0. The number of hydrogen-bond acceptors (Lipinski definition) is 4. The molecule has 0 aliphatic heterocycles. The molecule has 17 heavy (non-hydrogen) atoms. The molecule has 1 aromatic rings. The van der Waals surface area contributed by atoms with E-state index in [1.54, 1.807) is 11.3 Å². The van der Waals surface area contributed by atoms with Crippen LogP contribution in [0, 0.1) is 0 Å². The lowest BCUT2D eigenvalue weighted by atomic mass is 10.2. The Morgan fingerprint density at radius 3 is 2.76 bits per heavy atom. The SMILES string of the molecule is CCCNCCS(=O)(=O)NCCc1ccsc1. The number of nitrogens with one attached hydrogen (secondary N) is 2. The van der Waals surface area contributed by atoms with E-state index in [1.165, 1.54) is 5.56 Å². The van der Waals surface area contributed by atoms with Gasteiger partial charge >= 0.3 is 0 Å². The molecule has 0 saturated carbocycles. The largest absolute Gasteiger partial charge is 0.316 e. The van der Waals surface area contributed by atoms with Gasteiger partial charge in [0.25, 0.3) is 0 Å². The number of thiophene rings is 1. The summed E-state index contributed by atoms with van der Waals surface area (Å²) in [5.41, 5.74) is 1.18. The topological polar surface area (TPSA) is 58.2 Å². The molecule has 0 aliphatic carbocycles. The average Bonchev–Trinajstić information content (AvgIpc) is 2.77. The van der Waals surface area contributed by atoms with Crippen molar-refractivity contribution in [1.29, 1.82) is 0 Å². The molecule has 0 saturated heterocycles. The molecule has 0 aliphatic rings. The van der Waals surface area contributed by atoms with Crippen LogP contribution >= 0.6 is 11.3 Å². The van der Waals surface area contributed by atoms with Crippen molar-refractivity contribution in [2.24, 2.45) is 0 Å². The first-order valence-electron chi connectivity index (χ1n) is 5.83. The van der Waals surface area contributed by atoms with E-state index in [1.807, 2.05) is 16.8 Å². The molecular weight excluding hydrogens is 256 g/mol. The molecule has 4 nitrogen and oxygen atoms in total. The second-order valence-corrected chi connectivity index (χ2v) is 6.55. The van der Waals surface area contributed by atoms with Crippen LogP contribution in [0.2, 0.25) is 0 Å². The summed E-state index contributed by atoms with van der Waals surface area (Å²) >= 11 is 1.63. The summed E-state index contributed by atoms with van der Waals surface area (Å²) in [7, 11) is -3.12. The van der Waals surface area contributed by atoms with E-state index < -0.39 is 10.0 Å². The molecule has 6 heteroatoms. The van der Waals surface area contributed by atoms with Gasteiger partial charge in [-0.2, -0.15) is 11.3 Å². The van der Waals surface area contributed by atoms with Gasteiger partial charge < -0.3 is 5.32 Å². The normalized spacial score (nSPS) is 11.8. The Morgan fingerprint density at radius 1 is 1.29 bits per heavy atom. The van der Waals surface area contributed by atoms with Crippen molar-refractivity contribution in [2.45, 2.75) is 19.8 Å². The average molecular weight is 276 g/mol. The summed E-state index contributed by atoms with van der Waals surface area (Å²) in [6, 6.07) is 2.02. The van der Waals surface area contributed by atoms with E-state index in [4.69, 9.17) is 0 Å². The fraction of sp³-hybridized carbons (Fsp3) is 0.636. The van der Waals surface area contributed by atoms with Crippen molar-refractivity contribution in [2.75, 3.05) is 25.4 Å².